The fraction of sp³-hybridized carbons (Fsp3) is 0.353. The Labute approximate surface area is 143 Å². The highest BCUT2D eigenvalue weighted by Gasteiger charge is 2.19. The quantitative estimate of drug-likeness (QED) is 0.721. The molecule has 126 valence electrons. The Balaban J connectivity index is 1.73. The molecule has 1 N–H and O–H groups in total. The van der Waals surface area contributed by atoms with Crippen LogP contribution in [0.15, 0.2) is 28.9 Å². The summed E-state index contributed by atoms with van der Waals surface area (Å²) >= 11 is 1.70. The summed E-state index contributed by atoms with van der Waals surface area (Å²) in [6, 6.07) is 6.03. The van der Waals surface area contributed by atoms with Crippen molar-refractivity contribution in [3.8, 4) is 0 Å². The van der Waals surface area contributed by atoms with Crippen LogP contribution in [0.1, 0.15) is 42.2 Å². The second-order valence-corrected chi connectivity index (χ2v) is 7.45. The van der Waals surface area contributed by atoms with Gasteiger partial charge in [0.2, 0.25) is 5.89 Å². The average molecular weight is 345 g/mol. The summed E-state index contributed by atoms with van der Waals surface area (Å²) in [6.45, 7) is 6.86. The van der Waals surface area contributed by atoms with E-state index in [1.165, 1.54) is 13.4 Å². The molecule has 24 heavy (non-hydrogen) atoms. The highest BCUT2D eigenvalue weighted by atomic mass is 32.1. The van der Waals surface area contributed by atoms with Crippen molar-refractivity contribution in [1.82, 2.24) is 9.97 Å². The zero-order valence-corrected chi connectivity index (χ0v) is 14.9. The van der Waals surface area contributed by atoms with Crippen molar-refractivity contribution in [2.75, 3.05) is 12.4 Å². The van der Waals surface area contributed by atoms with E-state index in [9.17, 15) is 4.79 Å². The van der Waals surface area contributed by atoms with Crippen molar-refractivity contribution >= 4 is 33.2 Å². The van der Waals surface area contributed by atoms with E-state index in [1.807, 2.05) is 12.1 Å². The molecule has 0 radical (unpaired) electrons. The number of esters is 1. The molecule has 0 bridgehead atoms. The van der Waals surface area contributed by atoms with Gasteiger partial charge in [-0.1, -0.05) is 20.8 Å². The zero-order valence-electron chi connectivity index (χ0n) is 14.0. The molecule has 3 rings (SSSR count). The Morgan fingerprint density at radius 2 is 2.12 bits per heavy atom. The van der Waals surface area contributed by atoms with Crippen molar-refractivity contribution in [2.24, 2.45) is 0 Å². The minimum Gasteiger partial charge on any atom is -0.464 e. The highest BCUT2D eigenvalue weighted by molar-refractivity contribution is 7.18. The monoisotopic (exact) mass is 345 g/mol. The van der Waals surface area contributed by atoms with Crippen molar-refractivity contribution in [3.63, 3.8) is 0 Å². The van der Waals surface area contributed by atoms with Crippen LogP contribution in [0.3, 0.4) is 0 Å². The topological polar surface area (TPSA) is 77.2 Å². The van der Waals surface area contributed by atoms with Crippen LogP contribution in [0.2, 0.25) is 0 Å². The Morgan fingerprint density at radius 3 is 2.83 bits per heavy atom. The van der Waals surface area contributed by atoms with Crippen LogP contribution in [0.25, 0.3) is 10.2 Å². The van der Waals surface area contributed by atoms with E-state index in [0.29, 0.717) is 12.4 Å². The first kappa shape index (κ1) is 16.4. The third-order valence-electron chi connectivity index (χ3n) is 3.42. The van der Waals surface area contributed by atoms with Crippen LogP contribution < -0.4 is 5.32 Å². The fourth-order valence-corrected chi connectivity index (χ4v) is 3.19. The summed E-state index contributed by atoms with van der Waals surface area (Å²) in [5.74, 6) is -0.0824. The molecule has 0 amide bonds. The number of thiazole rings is 1. The zero-order chi connectivity index (χ0) is 17.3. The van der Waals surface area contributed by atoms with Gasteiger partial charge in [0.25, 0.3) is 0 Å². The van der Waals surface area contributed by atoms with Crippen LogP contribution in [0.4, 0.5) is 5.69 Å². The maximum Gasteiger partial charge on any atom is 0.360 e. The van der Waals surface area contributed by atoms with Gasteiger partial charge in [-0.2, -0.15) is 0 Å². The number of fused-ring (bicyclic) bond motifs is 1. The normalized spacial score (nSPS) is 11.7. The molecule has 0 unspecified atom stereocenters. The Morgan fingerprint density at radius 1 is 1.33 bits per heavy atom. The van der Waals surface area contributed by atoms with E-state index < -0.39 is 5.97 Å². The first-order valence-electron chi connectivity index (χ1n) is 7.54. The molecular formula is C17H19N3O3S. The number of nitrogens with zero attached hydrogens (tertiary/aromatic N) is 2. The van der Waals surface area contributed by atoms with E-state index in [4.69, 9.17) is 4.42 Å². The molecule has 0 spiro atoms. The molecular weight excluding hydrogens is 326 g/mol. The van der Waals surface area contributed by atoms with Gasteiger partial charge in [-0.15, -0.1) is 11.3 Å². The van der Waals surface area contributed by atoms with E-state index in [0.717, 1.165) is 20.9 Å². The summed E-state index contributed by atoms with van der Waals surface area (Å²) in [5, 5.41) is 4.36. The lowest BCUT2D eigenvalue weighted by atomic mass is 9.98. The molecule has 2 heterocycles. The van der Waals surface area contributed by atoms with Gasteiger partial charge in [0.1, 0.15) is 6.26 Å². The number of hydrogen-bond donors (Lipinski definition) is 1. The molecule has 7 heteroatoms. The van der Waals surface area contributed by atoms with E-state index in [2.05, 4.69) is 46.9 Å². The maximum atomic E-state index is 11.4. The lowest BCUT2D eigenvalue weighted by Gasteiger charge is -2.13. The summed E-state index contributed by atoms with van der Waals surface area (Å²) < 4.78 is 11.0. The Hall–Kier alpha value is -2.41. The average Bonchev–Trinajstić information content (AvgIpc) is 3.17. The van der Waals surface area contributed by atoms with E-state index in [1.54, 1.807) is 11.3 Å². The molecule has 0 saturated carbocycles. The Bertz CT molecular complexity index is 877. The predicted octanol–water partition coefficient (Wildman–Crippen LogP) is 3.98. The number of carbonyl (C=O) groups excluding carboxylic acids is 1. The molecule has 0 fully saturated rings. The third kappa shape index (κ3) is 3.41. The van der Waals surface area contributed by atoms with Gasteiger partial charge in [0.05, 0.1) is 28.9 Å². The molecule has 0 atom stereocenters. The highest BCUT2D eigenvalue weighted by Crippen LogP contribution is 2.32. The summed E-state index contributed by atoms with van der Waals surface area (Å²) in [5.41, 5.74) is 2.16. The number of carbonyl (C=O) groups is 1. The lowest BCUT2D eigenvalue weighted by molar-refractivity contribution is 0.0594. The Kier molecular flexibility index (Phi) is 4.28. The van der Waals surface area contributed by atoms with E-state index >= 15 is 0 Å². The SMILES string of the molecule is COC(=O)c1coc(CNc2ccc3nc(C(C)(C)C)sc3c2)n1. The summed E-state index contributed by atoms with van der Waals surface area (Å²) in [7, 11) is 1.31. The number of hydrogen-bond acceptors (Lipinski definition) is 7. The summed E-state index contributed by atoms with van der Waals surface area (Å²) in [4.78, 5) is 20.1. The standard InChI is InChI=1S/C17H19N3O3S/c1-17(2,3)16-20-11-6-5-10(7-13(11)24-16)18-8-14-19-12(9-23-14)15(21)22-4/h5-7,9,18H,8H2,1-4H3. The number of oxazole rings is 1. The van der Waals surface area contributed by atoms with Crippen LogP contribution in [0, 0.1) is 0 Å². The number of methoxy groups -OCH3 is 1. The number of benzene rings is 1. The van der Waals surface area contributed by atoms with Gasteiger partial charge >= 0.3 is 5.97 Å². The molecule has 0 aliphatic heterocycles. The second-order valence-electron chi connectivity index (χ2n) is 6.42. The van der Waals surface area contributed by atoms with Gasteiger partial charge < -0.3 is 14.5 Å². The van der Waals surface area contributed by atoms with E-state index in [-0.39, 0.29) is 11.1 Å². The van der Waals surface area contributed by atoms with Gasteiger partial charge in [0.15, 0.2) is 5.69 Å². The number of ether oxygens (including phenoxy) is 1. The predicted molar refractivity (Wildman–Crippen MR) is 93.5 cm³/mol. The van der Waals surface area contributed by atoms with Gasteiger partial charge in [0, 0.05) is 11.1 Å². The molecule has 6 nitrogen and oxygen atoms in total. The molecule has 1 aromatic carbocycles. The number of rotatable bonds is 4. The molecule has 2 aromatic heterocycles. The first-order chi connectivity index (χ1) is 11.4. The van der Waals surface area contributed by atoms with Crippen molar-refractivity contribution < 1.29 is 13.9 Å². The minimum absolute atomic E-state index is 0.0413. The summed E-state index contributed by atoms with van der Waals surface area (Å²) in [6.07, 6.45) is 1.30. The lowest BCUT2D eigenvalue weighted by Crippen LogP contribution is -2.09. The van der Waals surface area contributed by atoms with Crippen LogP contribution in [-0.4, -0.2) is 23.0 Å². The largest absolute Gasteiger partial charge is 0.464 e. The number of nitrogens with one attached hydrogen (secondary N) is 1. The smallest absolute Gasteiger partial charge is 0.360 e. The fourth-order valence-electron chi connectivity index (χ4n) is 2.12. The minimum atomic E-state index is -0.509. The van der Waals surface area contributed by atoms with Crippen LogP contribution in [-0.2, 0) is 16.7 Å². The van der Waals surface area contributed by atoms with Crippen LogP contribution in [0.5, 0.6) is 0 Å². The van der Waals surface area contributed by atoms with Crippen molar-refractivity contribution in [2.45, 2.75) is 32.7 Å². The molecule has 0 saturated heterocycles. The van der Waals surface area contributed by atoms with Crippen molar-refractivity contribution in [3.05, 3.63) is 41.1 Å². The molecule has 0 aliphatic carbocycles. The van der Waals surface area contributed by atoms with Gasteiger partial charge in [-0.05, 0) is 18.2 Å². The molecule has 0 aliphatic rings. The second kappa shape index (κ2) is 6.24. The molecule has 3 aromatic rings. The van der Waals surface area contributed by atoms with Gasteiger partial charge in [-0.3, -0.25) is 0 Å². The van der Waals surface area contributed by atoms with Crippen LogP contribution >= 0.6 is 11.3 Å². The number of aromatic nitrogens is 2. The number of anilines is 1. The first-order valence-corrected chi connectivity index (χ1v) is 8.36. The maximum absolute atomic E-state index is 11.4. The third-order valence-corrected chi connectivity index (χ3v) is 4.86. The van der Waals surface area contributed by atoms with Crippen molar-refractivity contribution in [1.29, 1.82) is 0 Å². The van der Waals surface area contributed by atoms with Gasteiger partial charge in [-0.25, -0.2) is 14.8 Å².